The lowest BCUT2D eigenvalue weighted by Crippen LogP contribution is -2.50. The van der Waals surface area contributed by atoms with E-state index in [-0.39, 0.29) is 6.10 Å². The quantitative estimate of drug-likeness (QED) is 0.875. The van der Waals surface area contributed by atoms with E-state index >= 15 is 0 Å². The molecular formula is C15H25N3O. The SMILES string of the molecule is CC(C)Oc1ccc(CNN2CCN(C)CC2)cc1. The van der Waals surface area contributed by atoms with Gasteiger partial charge in [0.05, 0.1) is 6.10 Å². The van der Waals surface area contributed by atoms with Crippen LogP contribution in [0.4, 0.5) is 0 Å². The molecule has 0 atom stereocenters. The fourth-order valence-electron chi connectivity index (χ4n) is 2.13. The summed E-state index contributed by atoms with van der Waals surface area (Å²) in [5, 5.41) is 2.30. The molecule has 1 N–H and O–H groups in total. The van der Waals surface area contributed by atoms with Crippen LogP contribution in [-0.2, 0) is 6.54 Å². The molecule has 0 amide bonds. The average Bonchev–Trinajstić information content (AvgIpc) is 2.39. The van der Waals surface area contributed by atoms with E-state index in [0.717, 1.165) is 38.5 Å². The van der Waals surface area contributed by atoms with Gasteiger partial charge in [0, 0.05) is 32.7 Å². The van der Waals surface area contributed by atoms with Gasteiger partial charge in [-0.05, 0) is 38.6 Å². The molecule has 0 unspecified atom stereocenters. The summed E-state index contributed by atoms with van der Waals surface area (Å²) < 4.78 is 5.64. The minimum absolute atomic E-state index is 0.231. The highest BCUT2D eigenvalue weighted by Crippen LogP contribution is 2.13. The topological polar surface area (TPSA) is 27.7 Å². The van der Waals surface area contributed by atoms with E-state index in [1.807, 2.05) is 26.0 Å². The molecule has 1 heterocycles. The largest absolute Gasteiger partial charge is 0.491 e. The first-order valence-corrected chi connectivity index (χ1v) is 7.06. The molecule has 1 aromatic rings. The van der Waals surface area contributed by atoms with Crippen LogP contribution in [0.15, 0.2) is 24.3 Å². The van der Waals surface area contributed by atoms with Crippen molar-refractivity contribution < 1.29 is 4.74 Å². The highest BCUT2D eigenvalue weighted by Gasteiger charge is 2.12. The third-order valence-electron chi connectivity index (χ3n) is 3.31. The molecule has 0 aromatic heterocycles. The first-order valence-electron chi connectivity index (χ1n) is 7.06. The molecule has 2 rings (SSSR count). The lowest BCUT2D eigenvalue weighted by atomic mass is 10.2. The summed E-state index contributed by atoms with van der Waals surface area (Å²) in [5.41, 5.74) is 4.77. The van der Waals surface area contributed by atoms with Crippen LogP contribution in [0.5, 0.6) is 5.75 Å². The number of nitrogens with zero attached hydrogens (tertiary/aromatic N) is 2. The number of piperazine rings is 1. The smallest absolute Gasteiger partial charge is 0.119 e. The highest BCUT2D eigenvalue weighted by atomic mass is 16.5. The third kappa shape index (κ3) is 4.82. The molecule has 1 fully saturated rings. The van der Waals surface area contributed by atoms with Gasteiger partial charge in [-0.25, -0.2) is 5.01 Å². The van der Waals surface area contributed by atoms with Crippen molar-refractivity contribution in [3.05, 3.63) is 29.8 Å². The average molecular weight is 263 g/mol. The fraction of sp³-hybridized carbons (Fsp3) is 0.600. The second kappa shape index (κ2) is 6.89. The van der Waals surface area contributed by atoms with Gasteiger partial charge in [0.2, 0.25) is 0 Å². The van der Waals surface area contributed by atoms with E-state index < -0.39 is 0 Å². The first kappa shape index (κ1) is 14.3. The zero-order chi connectivity index (χ0) is 13.7. The predicted molar refractivity (Wildman–Crippen MR) is 78.1 cm³/mol. The maximum Gasteiger partial charge on any atom is 0.119 e. The van der Waals surface area contributed by atoms with Gasteiger partial charge in [0.25, 0.3) is 0 Å². The van der Waals surface area contributed by atoms with Crippen LogP contribution in [0.25, 0.3) is 0 Å². The van der Waals surface area contributed by atoms with Gasteiger partial charge in [0.15, 0.2) is 0 Å². The van der Waals surface area contributed by atoms with Crippen LogP contribution in [0.2, 0.25) is 0 Å². The Morgan fingerprint density at radius 2 is 1.74 bits per heavy atom. The van der Waals surface area contributed by atoms with E-state index in [1.54, 1.807) is 0 Å². The molecule has 1 aromatic carbocycles. The van der Waals surface area contributed by atoms with Crippen molar-refractivity contribution in [3.8, 4) is 5.75 Å². The van der Waals surface area contributed by atoms with Gasteiger partial charge in [-0.2, -0.15) is 0 Å². The van der Waals surface area contributed by atoms with Crippen molar-refractivity contribution in [3.63, 3.8) is 0 Å². The third-order valence-corrected chi connectivity index (χ3v) is 3.31. The molecule has 1 aliphatic heterocycles. The van der Waals surface area contributed by atoms with Crippen molar-refractivity contribution in [1.29, 1.82) is 0 Å². The van der Waals surface area contributed by atoms with Crippen LogP contribution in [0.1, 0.15) is 19.4 Å². The number of rotatable bonds is 5. The number of ether oxygens (including phenoxy) is 1. The molecule has 19 heavy (non-hydrogen) atoms. The Balaban J connectivity index is 1.76. The maximum absolute atomic E-state index is 5.64. The highest BCUT2D eigenvalue weighted by molar-refractivity contribution is 5.27. The van der Waals surface area contributed by atoms with Crippen LogP contribution in [0.3, 0.4) is 0 Å². The van der Waals surface area contributed by atoms with E-state index in [4.69, 9.17) is 4.74 Å². The molecular weight excluding hydrogens is 238 g/mol. The summed E-state index contributed by atoms with van der Waals surface area (Å²) in [5.74, 6) is 0.943. The molecule has 106 valence electrons. The predicted octanol–water partition coefficient (Wildman–Crippen LogP) is 1.73. The van der Waals surface area contributed by atoms with Crippen LogP contribution < -0.4 is 10.2 Å². The van der Waals surface area contributed by atoms with Crippen LogP contribution in [-0.4, -0.2) is 49.2 Å². The number of likely N-dealkylation sites (N-methyl/N-ethyl adjacent to an activating group) is 1. The van der Waals surface area contributed by atoms with Crippen molar-refractivity contribution >= 4 is 0 Å². The van der Waals surface area contributed by atoms with Crippen molar-refractivity contribution in [2.45, 2.75) is 26.5 Å². The number of hydrazine groups is 1. The molecule has 4 nitrogen and oxygen atoms in total. The summed E-state index contributed by atoms with van der Waals surface area (Å²) in [6, 6.07) is 8.34. The fourth-order valence-corrected chi connectivity index (χ4v) is 2.13. The number of hydrogen-bond donors (Lipinski definition) is 1. The standard InChI is InChI=1S/C15H25N3O/c1-13(2)19-15-6-4-14(5-7-15)12-16-18-10-8-17(3)9-11-18/h4-7,13,16H,8-12H2,1-3H3. The Morgan fingerprint density at radius 1 is 1.11 bits per heavy atom. The normalized spacial score (nSPS) is 17.9. The van der Waals surface area contributed by atoms with Crippen molar-refractivity contribution in [2.75, 3.05) is 33.2 Å². The Kier molecular flexibility index (Phi) is 5.19. The zero-order valence-electron chi connectivity index (χ0n) is 12.2. The lowest BCUT2D eigenvalue weighted by molar-refractivity contribution is 0.102. The van der Waals surface area contributed by atoms with Crippen LogP contribution in [0, 0.1) is 0 Å². The number of nitrogens with one attached hydrogen (secondary N) is 1. The molecule has 1 saturated heterocycles. The second-order valence-electron chi connectivity index (χ2n) is 5.44. The Hall–Kier alpha value is -1.10. The van der Waals surface area contributed by atoms with E-state index in [0.29, 0.717) is 0 Å². The maximum atomic E-state index is 5.64. The van der Waals surface area contributed by atoms with Gasteiger partial charge in [-0.3, -0.25) is 5.43 Å². The zero-order valence-corrected chi connectivity index (χ0v) is 12.2. The summed E-state index contributed by atoms with van der Waals surface area (Å²) >= 11 is 0. The summed E-state index contributed by atoms with van der Waals surface area (Å²) in [6.07, 6.45) is 0.231. The molecule has 0 saturated carbocycles. The summed E-state index contributed by atoms with van der Waals surface area (Å²) in [6.45, 7) is 9.41. The molecule has 0 bridgehead atoms. The minimum Gasteiger partial charge on any atom is -0.491 e. The minimum atomic E-state index is 0.231. The lowest BCUT2D eigenvalue weighted by Gasteiger charge is -2.32. The summed E-state index contributed by atoms with van der Waals surface area (Å²) in [4.78, 5) is 2.36. The van der Waals surface area contributed by atoms with E-state index in [2.05, 4.69) is 34.5 Å². The number of hydrogen-bond acceptors (Lipinski definition) is 4. The van der Waals surface area contributed by atoms with Crippen molar-refractivity contribution in [1.82, 2.24) is 15.3 Å². The van der Waals surface area contributed by atoms with Gasteiger partial charge in [-0.15, -0.1) is 0 Å². The molecule has 0 aliphatic carbocycles. The summed E-state index contributed by atoms with van der Waals surface area (Å²) in [7, 11) is 2.17. The molecule has 0 radical (unpaired) electrons. The van der Waals surface area contributed by atoms with Crippen molar-refractivity contribution in [2.24, 2.45) is 0 Å². The van der Waals surface area contributed by atoms with Gasteiger partial charge < -0.3 is 9.64 Å². The molecule has 0 spiro atoms. The molecule has 4 heteroatoms. The first-order chi connectivity index (χ1) is 9.13. The Morgan fingerprint density at radius 3 is 2.32 bits per heavy atom. The van der Waals surface area contributed by atoms with Gasteiger partial charge in [0.1, 0.15) is 5.75 Å². The van der Waals surface area contributed by atoms with Gasteiger partial charge >= 0.3 is 0 Å². The monoisotopic (exact) mass is 263 g/mol. The van der Waals surface area contributed by atoms with Crippen LogP contribution >= 0.6 is 0 Å². The van der Waals surface area contributed by atoms with E-state index in [1.165, 1.54) is 5.56 Å². The molecule has 1 aliphatic rings. The van der Waals surface area contributed by atoms with Gasteiger partial charge in [-0.1, -0.05) is 12.1 Å². The van der Waals surface area contributed by atoms with E-state index in [9.17, 15) is 0 Å². The second-order valence-corrected chi connectivity index (χ2v) is 5.44. The number of benzene rings is 1. The Labute approximate surface area is 116 Å². The Bertz CT molecular complexity index is 369.